The summed E-state index contributed by atoms with van der Waals surface area (Å²) in [5.74, 6) is 0.197. The molecule has 2 unspecified atom stereocenters. The summed E-state index contributed by atoms with van der Waals surface area (Å²) in [7, 11) is 2.23. The van der Waals surface area contributed by atoms with Crippen molar-refractivity contribution < 1.29 is 37.2 Å². The van der Waals surface area contributed by atoms with Crippen molar-refractivity contribution >= 4 is 0 Å². The molecule has 3 aliphatic carbocycles. The maximum atomic E-state index is 13.0. The van der Waals surface area contributed by atoms with Gasteiger partial charge in [0, 0.05) is 19.0 Å². The van der Waals surface area contributed by atoms with E-state index in [-0.39, 0.29) is 39.3 Å². The Bertz CT molecular complexity index is 3150. The average molecular weight is 1140 g/mol. The highest BCUT2D eigenvalue weighted by atomic mass is 19.3. The van der Waals surface area contributed by atoms with Crippen LogP contribution in [0.15, 0.2) is 115 Å². The van der Waals surface area contributed by atoms with Gasteiger partial charge in [-0.15, -0.1) is 0 Å². The van der Waals surface area contributed by atoms with Gasteiger partial charge in [0.1, 0.15) is 5.75 Å². The van der Waals surface area contributed by atoms with Crippen molar-refractivity contribution in [2.75, 3.05) is 13.6 Å². The molecule has 5 aliphatic rings. The molecular weight excluding hydrogens is 1040 g/mol. The van der Waals surface area contributed by atoms with Crippen LogP contribution in [0, 0.1) is 0 Å². The molecule has 0 saturated carbocycles. The Morgan fingerprint density at radius 1 is 0.458 bits per heavy atom. The fourth-order valence-corrected chi connectivity index (χ4v) is 11.9. The van der Waals surface area contributed by atoms with E-state index in [9.17, 15) is 27.8 Å². The molecule has 5 nitrogen and oxygen atoms in total. The number of benzene rings is 6. The minimum absolute atomic E-state index is 0.0383. The molecule has 6 aromatic rings. The maximum Gasteiger partial charge on any atom is 0.507 e. The fraction of sp³-hybridized carbons (Fsp3) is 0.514. The predicted octanol–water partition coefficient (Wildman–Crippen LogP) is 19.3. The van der Waals surface area contributed by atoms with Crippen LogP contribution < -0.4 is 9.47 Å². The number of phenols is 1. The van der Waals surface area contributed by atoms with Gasteiger partial charge in [0.25, 0.3) is 0 Å². The Labute approximate surface area is 496 Å². The number of hydrogen-bond donors (Lipinski definition) is 2. The summed E-state index contributed by atoms with van der Waals surface area (Å²) < 4.78 is 59.8. The number of aryl methyl sites for hydroxylation is 5. The van der Waals surface area contributed by atoms with Gasteiger partial charge in [-0.25, -0.2) is 0 Å². The number of likely N-dealkylation sites (N-methyl/N-ethyl adjacent to an activating group) is 1. The summed E-state index contributed by atoms with van der Waals surface area (Å²) in [5, 5.41) is 20.0. The number of hydrogen-bond acceptors (Lipinski definition) is 5. The first-order valence-corrected chi connectivity index (χ1v) is 30.5. The highest BCUT2D eigenvalue weighted by Gasteiger charge is 2.66. The molecule has 450 valence electrons. The van der Waals surface area contributed by atoms with Crippen molar-refractivity contribution in [1.29, 1.82) is 0 Å². The van der Waals surface area contributed by atoms with E-state index in [4.69, 9.17) is 0 Å². The first-order chi connectivity index (χ1) is 38.5. The molecular formula is C74H97F4NO4. The molecule has 6 aromatic carbocycles. The molecule has 9 heteroatoms. The normalized spacial score (nSPS) is 18.9. The monoisotopic (exact) mass is 1140 g/mol. The zero-order valence-corrected chi connectivity index (χ0v) is 53.0. The minimum atomic E-state index is -4.67. The molecule has 0 saturated heterocycles. The van der Waals surface area contributed by atoms with Crippen molar-refractivity contribution in [3.8, 4) is 17.2 Å². The Kier molecular flexibility index (Phi) is 20.0. The Balaban J connectivity index is 0.000000150. The SMILES string of the molecule is CC(C)(C)c1cc2c(cc1O)CCCC2.CC(C)(C)c1ccc2c(c1)C(O)CCC2.CC(C)(C)c1ccc2c(c1)CCCC2.CC(C)(C)c1ccc2c(c1)OC(F)(F)C(F)(F)O2.CN1Cc2c(cccc2C(C)(C)C)C(c2ccccc2)C1. The zero-order valence-electron chi connectivity index (χ0n) is 53.0. The lowest BCUT2D eigenvalue weighted by Gasteiger charge is -2.36. The van der Waals surface area contributed by atoms with Crippen LogP contribution in [0.2, 0.25) is 0 Å². The number of phenolic OH excluding ortho intramolecular Hbond substituents is 1. The second kappa shape index (κ2) is 25.5. The van der Waals surface area contributed by atoms with E-state index in [1.54, 1.807) is 17.2 Å². The molecule has 0 amide bonds. The zero-order chi connectivity index (χ0) is 61.1. The molecule has 0 spiro atoms. The van der Waals surface area contributed by atoms with Gasteiger partial charge in [0.05, 0.1) is 6.10 Å². The summed E-state index contributed by atoms with van der Waals surface area (Å²) in [4.78, 5) is 2.45. The Morgan fingerprint density at radius 3 is 1.51 bits per heavy atom. The quantitative estimate of drug-likeness (QED) is 0.161. The highest BCUT2D eigenvalue weighted by Crippen LogP contribution is 2.48. The molecule has 0 fully saturated rings. The number of halogens is 4. The van der Waals surface area contributed by atoms with Gasteiger partial charge in [-0.2, -0.15) is 17.6 Å². The van der Waals surface area contributed by atoms with Gasteiger partial charge in [-0.1, -0.05) is 201 Å². The lowest BCUT2D eigenvalue weighted by atomic mass is 9.76. The van der Waals surface area contributed by atoms with Gasteiger partial charge in [-0.05, 0) is 201 Å². The Morgan fingerprint density at radius 2 is 0.940 bits per heavy atom. The van der Waals surface area contributed by atoms with Crippen molar-refractivity contribution in [1.82, 2.24) is 4.90 Å². The van der Waals surface area contributed by atoms with E-state index in [2.05, 4.69) is 196 Å². The van der Waals surface area contributed by atoms with Gasteiger partial charge in [-0.3, -0.25) is 0 Å². The summed E-state index contributed by atoms with van der Waals surface area (Å²) in [5.41, 5.74) is 19.4. The second-order valence-corrected chi connectivity index (χ2v) is 29.0. The summed E-state index contributed by atoms with van der Waals surface area (Å²) in [6, 6.07) is 39.7. The number of ether oxygens (including phenoxy) is 2. The van der Waals surface area contributed by atoms with E-state index in [0.717, 1.165) is 49.9 Å². The van der Waals surface area contributed by atoms with Crippen LogP contribution in [-0.4, -0.2) is 40.9 Å². The van der Waals surface area contributed by atoms with Gasteiger partial charge in [0.15, 0.2) is 11.5 Å². The lowest BCUT2D eigenvalue weighted by molar-refractivity contribution is -0.391. The number of aliphatic hydroxyl groups is 1. The first kappa shape index (κ1) is 64.9. The number of rotatable bonds is 1. The molecule has 11 rings (SSSR count). The molecule has 0 radical (unpaired) electrons. The van der Waals surface area contributed by atoms with Crippen LogP contribution in [0.3, 0.4) is 0 Å². The second-order valence-electron chi connectivity index (χ2n) is 29.0. The number of aromatic hydroxyl groups is 1. The van der Waals surface area contributed by atoms with E-state index < -0.39 is 12.2 Å². The number of nitrogens with zero attached hydrogens (tertiary/aromatic N) is 1. The van der Waals surface area contributed by atoms with Crippen molar-refractivity contribution in [3.63, 3.8) is 0 Å². The molecule has 2 heterocycles. The standard InChI is InChI=1S/C20H25N.2C14H20O.C14H20.C12H12F4O2/c1-20(2,3)19-12-8-11-16-17(13-21(4)14-18(16)19)15-9-6-5-7-10-15;1-14(2,3)11-8-7-10-5-4-6-13(15)12(10)9-11;1-14(2,3)12-8-10-6-4-5-7-11(10)9-13(12)15;1-14(2,3)13-9-8-11-6-4-5-7-12(11)10-13;1-10(2,3)7-4-5-8-9(6-7)18-12(15,16)11(13,14)17-8/h5-12,17H,13-14H2,1-4H3;7-9,13,15H,4-6H2,1-3H3;8-9,15H,4-7H2,1-3H3;8-10H,4-7H2,1-3H3;4-6H,1-3H3. The van der Waals surface area contributed by atoms with Crippen LogP contribution in [0.4, 0.5) is 17.6 Å². The molecule has 83 heavy (non-hydrogen) atoms. The highest BCUT2D eigenvalue weighted by molar-refractivity contribution is 5.49. The van der Waals surface area contributed by atoms with E-state index in [0.29, 0.717) is 22.6 Å². The fourth-order valence-electron chi connectivity index (χ4n) is 11.9. The molecule has 2 atom stereocenters. The van der Waals surface area contributed by atoms with E-state index >= 15 is 0 Å². The van der Waals surface area contributed by atoms with Crippen LogP contribution in [0.25, 0.3) is 0 Å². The third-order valence-corrected chi connectivity index (χ3v) is 16.9. The van der Waals surface area contributed by atoms with Crippen LogP contribution >= 0.6 is 0 Å². The lowest BCUT2D eigenvalue weighted by Crippen LogP contribution is -2.52. The minimum Gasteiger partial charge on any atom is -0.508 e. The number of aliphatic hydroxyl groups excluding tert-OH is 1. The summed E-state index contributed by atoms with van der Waals surface area (Å²) in [6.45, 7) is 34.7. The predicted molar refractivity (Wildman–Crippen MR) is 334 cm³/mol. The van der Waals surface area contributed by atoms with E-state index in [1.165, 1.54) is 107 Å². The largest absolute Gasteiger partial charge is 0.508 e. The van der Waals surface area contributed by atoms with Crippen molar-refractivity contribution in [3.05, 3.63) is 193 Å². The van der Waals surface area contributed by atoms with Gasteiger partial charge < -0.3 is 24.6 Å². The van der Waals surface area contributed by atoms with Crippen LogP contribution in [-0.2, 0) is 65.7 Å². The van der Waals surface area contributed by atoms with Crippen LogP contribution in [0.5, 0.6) is 17.2 Å². The number of alkyl halides is 4. The third-order valence-electron chi connectivity index (χ3n) is 16.9. The molecule has 2 N–H and O–H groups in total. The maximum absolute atomic E-state index is 13.0. The molecule has 2 aliphatic heterocycles. The third kappa shape index (κ3) is 16.4. The molecule has 0 bridgehead atoms. The first-order valence-electron chi connectivity index (χ1n) is 30.5. The van der Waals surface area contributed by atoms with E-state index in [1.807, 2.05) is 26.8 Å². The number of fused-ring (bicyclic) bond motifs is 5. The van der Waals surface area contributed by atoms with Gasteiger partial charge >= 0.3 is 12.2 Å². The van der Waals surface area contributed by atoms with Crippen molar-refractivity contribution in [2.45, 2.75) is 232 Å². The summed E-state index contributed by atoms with van der Waals surface area (Å²) >= 11 is 0. The topological polar surface area (TPSA) is 62.2 Å². The van der Waals surface area contributed by atoms with Crippen LogP contribution in [0.1, 0.15) is 232 Å². The van der Waals surface area contributed by atoms with Gasteiger partial charge in [0.2, 0.25) is 0 Å². The Hall–Kier alpha value is -5.64. The average Bonchev–Trinajstić information content (AvgIpc) is 3.59. The molecule has 0 aromatic heterocycles. The summed E-state index contributed by atoms with van der Waals surface area (Å²) in [6.07, 6.45) is 3.78. The smallest absolute Gasteiger partial charge is 0.507 e. The van der Waals surface area contributed by atoms with Crippen molar-refractivity contribution in [2.24, 2.45) is 0 Å².